The maximum Gasteiger partial charge on any atom is 0.271 e. The molecule has 0 aromatic heterocycles. The van der Waals surface area contributed by atoms with Crippen LogP contribution < -0.4 is 4.74 Å². The first kappa shape index (κ1) is 9.00. The first-order valence-electron chi connectivity index (χ1n) is 3.41. The highest BCUT2D eigenvalue weighted by Gasteiger charge is 2.10. The summed E-state index contributed by atoms with van der Waals surface area (Å²) in [4.78, 5) is 9.77. The fraction of sp³-hybridized carbons (Fsp3) is 0.125. The van der Waals surface area contributed by atoms with E-state index >= 15 is 0 Å². The maximum absolute atomic E-state index is 10.3. The van der Waals surface area contributed by atoms with Gasteiger partial charge in [-0.15, -0.1) is 0 Å². The van der Waals surface area contributed by atoms with Crippen LogP contribution in [0.25, 0.3) is 0 Å². The molecule has 0 amide bonds. The molecule has 0 spiro atoms. The van der Waals surface area contributed by atoms with E-state index < -0.39 is 4.92 Å². The molecule has 0 aliphatic rings. The Labute approximate surface area is 74.3 Å². The van der Waals surface area contributed by atoms with Gasteiger partial charge in [0.1, 0.15) is 17.4 Å². The van der Waals surface area contributed by atoms with Gasteiger partial charge in [-0.3, -0.25) is 10.1 Å². The van der Waals surface area contributed by atoms with Crippen LogP contribution >= 0.6 is 0 Å². The van der Waals surface area contributed by atoms with E-state index in [4.69, 9.17) is 10.00 Å². The predicted octanol–water partition coefficient (Wildman–Crippen LogP) is 1.48. The van der Waals surface area contributed by atoms with Crippen LogP contribution in [0.2, 0.25) is 0 Å². The minimum absolute atomic E-state index is 0.114. The van der Waals surface area contributed by atoms with E-state index in [-0.39, 0.29) is 11.3 Å². The summed E-state index contributed by atoms with van der Waals surface area (Å²) in [7, 11) is 1.40. The molecular formula is C8H6N2O3. The third kappa shape index (κ3) is 1.73. The van der Waals surface area contributed by atoms with Gasteiger partial charge < -0.3 is 4.74 Å². The number of ether oxygens (including phenoxy) is 1. The van der Waals surface area contributed by atoms with Crippen molar-refractivity contribution in [1.29, 1.82) is 5.26 Å². The second-order valence-corrected chi connectivity index (χ2v) is 2.25. The molecule has 0 fully saturated rings. The van der Waals surface area contributed by atoms with Crippen LogP contribution in [0.15, 0.2) is 18.2 Å². The van der Waals surface area contributed by atoms with Gasteiger partial charge in [0, 0.05) is 12.1 Å². The average molecular weight is 178 g/mol. The monoisotopic (exact) mass is 178 g/mol. The van der Waals surface area contributed by atoms with Crippen molar-refractivity contribution < 1.29 is 9.66 Å². The molecule has 0 unspecified atom stereocenters. The zero-order valence-electron chi connectivity index (χ0n) is 6.85. The zero-order chi connectivity index (χ0) is 9.84. The quantitative estimate of drug-likeness (QED) is 0.507. The van der Waals surface area contributed by atoms with Crippen LogP contribution in [0, 0.1) is 21.4 Å². The van der Waals surface area contributed by atoms with Crippen LogP contribution in [-0.4, -0.2) is 12.0 Å². The second-order valence-electron chi connectivity index (χ2n) is 2.25. The molecule has 1 aromatic rings. The number of rotatable bonds is 2. The molecule has 1 rings (SSSR count). The lowest BCUT2D eigenvalue weighted by Crippen LogP contribution is -1.91. The second kappa shape index (κ2) is 3.54. The lowest BCUT2D eigenvalue weighted by molar-refractivity contribution is -0.384. The van der Waals surface area contributed by atoms with Crippen LogP contribution in [0.1, 0.15) is 5.56 Å². The van der Waals surface area contributed by atoms with Crippen LogP contribution in [0.3, 0.4) is 0 Å². The smallest absolute Gasteiger partial charge is 0.271 e. The Morgan fingerprint density at radius 1 is 1.62 bits per heavy atom. The number of nitrogens with zero attached hydrogens (tertiary/aromatic N) is 2. The summed E-state index contributed by atoms with van der Waals surface area (Å²) in [6, 6.07) is 5.68. The Morgan fingerprint density at radius 2 is 2.31 bits per heavy atom. The van der Waals surface area contributed by atoms with Gasteiger partial charge in [0.05, 0.1) is 12.0 Å². The molecular weight excluding hydrogens is 172 g/mol. The Morgan fingerprint density at radius 3 is 2.77 bits per heavy atom. The van der Waals surface area contributed by atoms with Crippen molar-refractivity contribution in [1.82, 2.24) is 0 Å². The molecule has 1 aromatic carbocycles. The van der Waals surface area contributed by atoms with Crippen LogP contribution in [0.5, 0.6) is 5.75 Å². The summed E-state index contributed by atoms with van der Waals surface area (Å²) in [5.41, 5.74) is 0.0500. The molecule has 5 nitrogen and oxygen atoms in total. The molecule has 0 bridgehead atoms. The van der Waals surface area contributed by atoms with Gasteiger partial charge >= 0.3 is 0 Å². The fourth-order valence-electron chi connectivity index (χ4n) is 0.897. The van der Waals surface area contributed by atoms with Crippen molar-refractivity contribution in [3.63, 3.8) is 0 Å². The van der Waals surface area contributed by atoms with E-state index in [1.165, 1.54) is 25.3 Å². The molecule has 0 atom stereocenters. The minimum Gasteiger partial charge on any atom is -0.495 e. The van der Waals surface area contributed by atoms with Crippen molar-refractivity contribution in [2.45, 2.75) is 0 Å². The number of hydrogen-bond donors (Lipinski definition) is 0. The van der Waals surface area contributed by atoms with Gasteiger partial charge in [-0.05, 0) is 6.07 Å². The van der Waals surface area contributed by atoms with E-state index in [2.05, 4.69) is 0 Å². The number of nitro groups is 1. The highest BCUT2D eigenvalue weighted by Crippen LogP contribution is 2.22. The molecule has 0 heterocycles. The molecule has 0 aliphatic carbocycles. The lowest BCUT2D eigenvalue weighted by Gasteiger charge is -2.00. The summed E-state index contributed by atoms with van der Waals surface area (Å²) in [5, 5.41) is 18.9. The van der Waals surface area contributed by atoms with Crippen molar-refractivity contribution in [3.8, 4) is 11.8 Å². The Balaban J connectivity index is 3.23. The topological polar surface area (TPSA) is 76.2 Å². The van der Waals surface area contributed by atoms with E-state index in [1.807, 2.05) is 6.07 Å². The summed E-state index contributed by atoms with van der Waals surface area (Å²) in [5.74, 6) is 0.341. The molecule has 13 heavy (non-hydrogen) atoms. The van der Waals surface area contributed by atoms with E-state index in [0.29, 0.717) is 5.75 Å². The third-order valence-corrected chi connectivity index (χ3v) is 1.51. The number of nitro benzene ring substituents is 1. The lowest BCUT2D eigenvalue weighted by atomic mass is 10.2. The van der Waals surface area contributed by atoms with Crippen LogP contribution in [-0.2, 0) is 0 Å². The summed E-state index contributed by atoms with van der Waals surface area (Å²) in [6.07, 6.45) is 0. The average Bonchev–Trinajstić information content (AvgIpc) is 2.16. The number of non-ortho nitro benzene ring substituents is 1. The molecule has 0 aliphatic heterocycles. The van der Waals surface area contributed by atoms with Crippen molar-refractivity contribution in [3.05, 3.63) is 33.9 Å². The fourth-order valence-corrected chi connectivity index (χ4v) is 0.897. The number of hydrogen-bond acceptors (Lipinski definition) is 4. The largest absolute Gasteiger partial charge is 0.495 e. The van der Waals surface area contributed by atoms with Gasteiger partial charge in [0.25, 0.3) is 5.69 Å². The number of benzene rings is 1. The number of methoxy groups -OCH3 is 1. The minimum atomic E-state index is -0.555. The Bertz CT molecular complexity index is 381. The van der Waals surface area contributed by atoms with Crippen molar-refractivity contribution in [2.75, 3.05) is 7.11 Å². The highest BCUT2D eigenvalue weighted by atomic mass is 16.6. The van der Waals surface area contributed by atoms with Crippen LogP contribution in [0.4, 0.5) is 5.69 Å². The Kier molecular flexibility index (Phi) is 2.45. The number of nitriles is 1. The van der Waals surface area contributed by atoms with Gasteiger partial charge in [0.2, 0.25) is 0 Å². The molecule has 0 saturated heterocycles. The summed E-state index contributed by atoms with van der Waals surface area (Å²) in [6.45, 7) is 0. The van der Waals surface area contributed by atoms with Gasteiger partial charge in [-0.2, -0.15) is 5.26 Å². The summed E-state index contributed by atoms with van der Waals surface area (Å²) >= 11 is 0. The SMILES string of the molecule is COc1ccc([N+](=O)[O-])cc1C#N. The Hall–Kier alpha value is -2.09. The highest BCUT2D eigenvalue weighted by molar-refractivity contribution is 5.50. The third-order valence-electron chi connectivity index (χ3n) is 1.51. The van der Waals surface area contributed by atoms with Crippen molar-refractivity contribution in [2.24, 2.45) is 0 Å². The summed E-state index contributed by atoms with van der Waals surface area (Å²) < 4.78 is 4.83. The van der Waals surface area contributed by atoms with Gasteiger partial charge in [-0.25, -0.2) is 0 Å². The normalized spacial score (nSPS) is 8.92. The molecule has 0 N–H and O–H groups in total. The van der Waals surface area contributed by atoms with Gasteiger partial charge in [-0.1, -0.05) is 0 Å². The maximum atomic E-state index is 10.3. The molecule has 0 radical (unpaired) electrons. The molecule has 5 heteroatoms. The van der Waals surface area contributed by atoms with E-state index in [9.17, 15) is 10.1 Å². The van der Waals surface area contributed by atoms with E-state index in [0.717, 1.165) is 0 Å². The van der Waals surface area contributed by atoms with Crippen molar-refractivity contribution >= 4 is 5.69 Å². The standard InChI is InChI=1S/C8H6N2O3/c1-13-8-3-2-7(10(11)12)4-6(8)5-9/h2-4H,1H3. The van der Waals surface area contributed by atoms with E-state index in [1.54, 1.807) is 0 Å². The first-order chi connectivity index (χ1) is 6.19. The first-order valence-corrected chi connectivity index (χ1v) is 3.41. The molecule has 66 valence electrons. The molecule has 0 saturated carbocycles. The predicted molar refractivity (Wildman–Crippen MR) is 44.4 cm³/mol. The zero-order valence-corrected chi connectivity index (χ0v) is 6.85. The van der Waals surface area contributed by atoms with Gasteiger partial charge in [0.15, 0.2) is 0 Å².